The molecule has 0 atom stereocenters. The Kier molecular flexibility index (Phi) is 6.62. The van der Waals surface area contributed by atoms with Crippen LogP contribution in [0.2, 0.25) is 0 Å². The van der Waals surface area contributed by atoms with Crippen molar-refractivity contribution in [2.24, 2.45) is 0 Å². The molecule has 2 aromatic rings. The molecule has 4 heteroatoms. The van der Waals surface area contributed by atoms with E-state index in [0.717, 1.165) is 9.79 Å². The zero-order valence-electron chi connectivity index (χ0n) is 13.2. The van der Waals surface area contributed by atoms with E-state index in [-0.39, 0.29) is 0 Å². The summed E-state index contributed by atoms with van der Waals surface area (Å²) in [6.07, 6.45) is 0. The molecular formula is C18H20I2OS. The Hall–Kier alpha value is 0.210. The van der Waals surface area contributed by atoms with Gasteiger partial charge in [-0.1, -0.05) is 27.7 Å². The minimum atomic E-state index is -1.12. The molecule has 0 saturated heterocycles. The third-order valence-electron chi connectivity index (χ3n) is 3.61. The second-order valence-corrected chi connectivity index (χ2v) is 9.75. The van der Waals surface area contributed by atoms with E-state index in [0.29, 0.717) is 11.8 Å². The van der Waals surface area contributed by atoms with Gasteiger partial charge in [0.15, 0.2) is 9.79 Å². The maximum absolute atomic E-state index is 12.9. The van der Waals surface area contributed by atoms with Crippen molar-refractivity contribution in [1.82, 2.24) is 0 Å². The van der Waals surface area contributed by atoms with Gasteiger partial charge in [-0.15, -0.1) is 0 Å². The molecule has 1 nitrogen and oxygen atoms in total. The Morgan fingerprint density at radius 3 is 1.45 bits per heavy atom. The van der Waals surface area contributed by atoms with E-state index >= 15 is 0 Å². The Labute approximate surface area is 163 Å². The molecule has 2 rings (SSSR count). The van der Waals surface area contributed by atoms with Gasteiger partial charge in [0.25, 0.3) is 0 Å². The molecule has 0 amide bonds. The molecule has 2 aromatic carbocycles. The van der Waals surface area contributed by atoms with Crippen molar-refractivity contribution in [2.75, 3.05) is 0 Å². The summed E-state index contributed by atoms with van der Waals surface area (Å²) in [5.74, 6) is 0.874. The van der Waals surface area contributed by atoms with Crippen molar-refractivity contribution < 1.29 is 4.55 Å². The van der Waals surface area contributed by atoms with Crippen LogP contribution >= 0.6 is 45.2 Å². The van der Waals surface area contributed by atoms with Crippen LogP contribution in [0.15, 0.2) is 46.2 Å². The van der Waals surface area contributed by atoms with Crippen LogP contribution in [0.4, 0.5) is 0 Å². The van der Waals surface area contributed by atoms with Crippen LogP contribution in [0.5, 0.6) is 0 Å². The molecule has 0 saturated carbocycles. The molecule has 0 heterocycles. The van der Waals surface area contributed by atoms with Crippen molar-refractivity contribution in [1.29, 1.82) is 0 Å². The molecule has 0 bridgehead atoms. The molecule has 22 heavy (non-hydrogen) atoms. The van der Waals surface area contributed by atoms with E-state index in [1.54, 1.807) is 0 Å². The van der Waals surface area contributed by atoms with Gasteiger partial charge >= 0.3 is 0 Å². The Balaban J connectivity index is 2.42. The van der Waals surface area contributed by atoms with Gasteiger partial charge in [0.2, 0.25) is 0 Å². The molecule has 0 aliphatic rings. The molecule has 0 aromatic heterocycles. The fourth-order valence-electron chi connectivity index (χ4n) is 2.30. The number of halogens is 2. The fourth-order valence-corrected chi connectivity index (χ4v) is 5.34. The Morgan fingerprint density at radius 1 is 0.773 bits per heavy atom. The summed E-state index contributed by atoms with van der Waals surface area (Å²) in [4.78, 5) is 1.78. The second-order valence-electron chi connectivity index (χ2n) is 5.94. The van der Waals surface area contributed by atoms with E-state index in [9.17, 15) is 4.55 Å². The van der Waals surface area contributed by atoms with E-state index in [1.165, 1.54) is 18.3 Å². The van der Waals surface area contributed by atoms with Crippen molar-refractivity contribution in [2.45, 2.75) is 49.3 Å². The third-order valence-corrected chi connectivity index (χ3v) is 6.94. The quantitative estimate of drug-likeness (QED) is 0.331. The van der Waals surface area contributed by atoms with Gasteiger partial charge in [0.1, 0.15) is 0 Å². The minimum Gasteiger partial charge on any atom is -0.606 e. The fraction of sp³-hybridized carbons (Fsp3) is 0.333. The van der Waals surface area contributed by atoms with Crippen molar-refractivity contribution >= 4 is 56.4 Å². The van der Waals surface area contributed by atoms with Crippen molar-refractivity contribution in [3.05, 3.63) is 54.7 Å². The van der Waals surface area contributed by atoms with Gasteiger partial charge in [-0.3, -0.25) is 0 Å². The molecular weight excluding hydrogens is 518 g/mol. The summed E-state index contributed by atoms with van der Waals surface area (Å²) in [5.41, 5.74) is 2.53. The van der Waals surface area contributed by atoms with Crippen LogP contribution in [-0.2, 0) is 11.2 Å². The van der Waals surface area contributed by atoms with Gasteiger partial charge in [0, 0.05) is 18.3 Å². The monoisotopic (exact) mass is 538 g/mol. The van der Waals surface area contributed by atoms with E-state index in [4.69, 9.17) is 0 Å². The van der Waals surface area contributed by atoms with Crippen LogP contribution in [0.1, 0.15) is 50.7 Å². The lowest BCUT2D eigenvalue weighted by atomic mass is 10.0. The number of hydrogen-bond acceptors (Lipinski definition) is 1. The second kappa shape index (κ2) is 7.85. The lowest BCUT2D eigenvalue weighted by Gasteiger charge is -2.16. The van der Waals surface area contributed by atoms with Crippen molar-refractivity contribution in [3.63, 3.8) is 0 Å². The third kappa shape index (κ3) is 4.19. The predicted octanol–water partition coefficient (Wildman–Crippen LogP) is 6.31. The van der Waals surface area contributed by atoms with Gasteiger partial charge in [-0.25, -0.2) is 0 Å². The zero-order chi connectivity index (χ0) is 16.4. The molecule has 0 unspecified atom stereocenters. The average molecular weight is 538 g/mol. The maximum Gasteiger partial charge on any atom is 0.158 e. The van der Waals surface area contributed by atoms with Gasteiger partial charge in [0.05, 0.1) is 0 Å². The topological polar surface area (TPSA) is 23.1 Å². The largest absolute Gasteiger partial charge is 0.606 e. The first-order chi connectivity index (χ1) is 10.3. The SMILES string of the molecule is CC(C)c1cc([S+]([O-])c2ccc(I)c(C(C)C)c2)ccc1I. The standard InChI is InChI=1S/C18H20I2OS/c1-11(2)15-9-13(5-7-17(15)19)22(21)14-6-8-18(20)16(10-14)12(3)4/h5-12H,1-4H3. The van der Waals surface area contributed by atoms with E-state index < -0.39 is 11.2 Å². The minimum absolute atomic E-state index is 0.437. The summed E-state index contributed by atoms with van der Waals surface area (Å²) < 4.78 is 15.4. The summed E-state index contributed by atoms with van der Waals surface area (Å²) in [5, 5.41) is 0. The molecule has 0 aliphatic heterocycles. The number of benzene rings is 2. The Bertz CT molecular complexity index is 611. The molecule has 0 spiro atoms. The zero-order valence-corrected chi connectivity index (χ0v) is 18.3. The first-order valence-corrected chi connectivity index (χ1v) is 10.6. The van der Waals surface area contributed by atoms with Gasteiger partial charge < -0.3 is 4.55 Å². The summed E-state index contributed by atoms with van der Waals surface area (Å²) in [7, 11) is 0. The first-order valence-electron chi connectivity index (χ1n) is 7.32. The lowest BCUT2D eigenvalue weighted by Crippen LogP contribution is -2.06. The van der Waals surface area contributed by atoms with E-state index in [1.807, 2.05) is 12.1 Å². The van der Waals surface area contributed by atoms with Crippen LogP contribution in [0.25, 0.3) is 0 Å². The van der Waals surface area contributed by atoms with E-state index in [2.05, 4.69) is 97.1 Å². The number of rotatable bonds is 4. The van der Waals surface area contributed by atoms with Gasteiger partial charge in [-0.05, 0) is 105 Å². The molecule has 0 fully saturated rings. The van der Waals surface area contributed by atoms with Crippen LogP contribution in [0, 0.1) is 7.14 Å². The maximum atomic E-state index is 12.9. The summed E-state index contributed by atoms with van der Waals surface area (Å²) in [6, 6.07) is 12.3. The highest BCUT2D eigenvalue weighted by molar-refractivity contribution is 14.1. The molecule has 0 radical (unpaired) electrons. The molecule has 0 aliphatic carbocycles. The Morgan fingerprint density at radius 2 is 1.14 bits per heavy atom. The predicted molar refractivity (Wildman–Crippen MR) is 111 cm³/mol. The lowest BCUT2D eigenvalue weighted by molar-refractivity contribution is 0.594. The summed E-state index contributed by atoms with van der Waals surface area (Å²) >= 11 is 3.57. The van der Waals surface area contributed by atoms with Crippen LogP contribution in [-0.4, -0.2) is 4.55 Å². The molecule has 118 valence electrons. The van der Waals surface area contributed by atoms with Gasteiger partial charge in [-0.2, -0.15) is 0 Å². The van der Waals surface area contributed by atoms with Crippen molar-refractivity contribution in [3.8, 4) is 0 Å². The summed E-state index contributed by atoms with van der Waals surface area (Å²) in [6.45, 7) is 8.69. The first kappa shape index (κ1) is 18.5. The highest BCUT2D eigenvalue weighted by Gasteiger charge is 2.19. The highest BCUT2D eigenvalue weighted by atomic mass is 127. The average Bonchev–Trinajstić information content (AvgIpc) is 2.47. The highest BCUT2D eigenvalue weighted by Crippen LogP contribution is 2.30. The number of hydrogen-bond donors (Lipinski definition) is 0. The van der Waals surface area contributed by atoms with Crippen LogP contribution in [0.3, 0.4) is 0 Å². The smallest absolute Gasteiger partial charge is 0.158 e. The normalized spacial score (nSPS) is 11.7. The van der Waals surface area contributed by atoms with Crippen LogP contribution < -0.4 is 0 Å². The molecule has 0 N–H and O–H groups in total.